The Morgan fingerprint density at radius 3 is 2.87 bits per heavy atom. The molecule has 2 amide bonds. The number of nitrogens with zero attached hydrogens (tertiary/aromatic N) is 2. The van der Waals surface area contributed by atoms with Crippen molar-refractivity contribution in [2.45, 2.75) is 19.5 Å². The topological polar surface area (TPSA) is 54.3 Å². The molecule has 1 aliphatic heterocycles. The predicted molar refractivity (Wildman–Crippen MR) is 93.1 cm³/mol. The average molecular weight is 376 g/mol. The van der Waals surface area contributed by atoms with Gasteiger partial charge < -0.3 is 14.8 Å². The molecule has 0 spiro atoms. The number of rotatable bonds is 4. The Morgan fingerprint density at radius 1 is 1.43 bits per heavy atom. The van der Waals surface area contributed by atoms with E-state index in [9.17, 15) is 9.59 Å². The van der Waals surface area contributed by atoms with E-state index in [0.29, 0.717) is 13.1 Å². The number of halogens is 1. The zero-order valence-corrected chi connectivity index (χ0v) is 14.5. The summed E-state index contributed by atoms with van der Waals surface area (Å²) in [6.07, 6.45) is 3.23. The van der Waals surface area contributed by atoms with E-state index < -0.39 is 0 Å². The molecule has 1 N–H and O–H groups in total. The van der Waals surface area contributed by atoms with Crippen molar-refractivity contribution in [2.24, 2.45) is 0 Å². The number of hydrogen-bond acceptors (Lipinski definition) is 2. The molecule has 0 bridgehead atoms. The predicted octanol–water partition coefficient (Wildman–Crippen LogP) is 2.23. The molecule has 1 fully saturated rings. The number of carbonyl (C=O) groups excluding carboxylic acids is 2. The second-order valence-electron chi connectivity index (χ2n) is 5.82. The fourth-order valence-electron chi connectivity index (χ4n) is 2.96. The maximum absolute atomic E-state index is 12.2. The monoisotopic (exact) mass is 375 g/mol. The summed E-state index contributed by atoms with van der Waals surface area (Å²) in [6, 6.07) is 6.13. The van der Waals surface area contributed by atoms with E-state index in [-0.39, 0.29) is 24.4 Å². The molecule has 1 aromatic heterocycles. The van der Waals surface area contributed by atoms with E-state index in [1.807, 2.05) is 35.9 Å². The van der Waals surface area contributed by atoms with E-state index >= 15 is 0 Å². The van der Waals surface area contributed by atoms with Gasteiger partial charge in [0.1, 0.15) is 6.54 Å². The van der Waals surface area contributed by atoms with Crippen molar-refractivity contribution in [3.63, 3.8) is 0 Å². The summed E-state index contributed by atoms with van der Waals surface area (Å²) in [7, 11) is 0. The molecule has 0 unspecified atom stereocenters. The summed E-state index contributed by atoms with van der Waals surface area (Å²) in [5, 5.41) is 4.07. The highest BCUT2D eigenvalue weighted by Gasteiger charge is 2.30. The van der Waals surface area contributed by atoms with Crippen LogP contribution in [-0.4, -0.2) is 40.4 Å². The van der Waals surface area contributed by atoms with Gasteiger partial charge in [-0.25, -0.2) is 0 Å². The molecule has 1 aromatic carbocycles. The third kappa shape index (κ3) is 3.17. The second kappa shape index (κ2) is 6.20. The highest BCUT2D eigenvalue weighted by atomic mass is 79.9. The van der Waals surface area contributed by atoms with Crippen LogP contribution in [0.2, 0.25) is 0 Å². The third-order valence-electron chi connectivity index (χ3n) is 4.06. The molecule has 0 radical (unpaired) electrons. The Labute approximate surface area is 143 Å². The Hall–Kier alpha value is -2.08. The molecule has 1 saturated heterocycles. The van der Waals surface area contributed by atoms with Crippen LogP contribution in [0.4, 0.5) is 0 Å². The van der Waals surface area contributed by atoms with Crippen LogP contribution in [0.15, 0.2) is 41.5 Å². The smallest absolute Gasteiger partial charge is 0.246 e. The average Bonchev–Trinajstić information content (AvgIpc) is 2.84. The third-order valence-corrected chi connectivity index (χ3v) is 4.52. The van der Waals surface area contributed by atoms with Gasteiger partial charge in [-0.05, 0) is 36.8 Å². The van der Waals surface area contributed by atoms with E-state index in [4.69, 9.17) is 0 Å². The van der Waals surface area contributed by atoms with Crippen LogP contribution < -0.4 is 5.32 Å². The van der Waals surface area contributed by atoms with E-state index in [2.05, 4.69) is 27.8 Å². The van der Waals surface area contributed by atoms with Crippen LogP contribution in [-0.2, 0) is 16.1 Å². The van der Waals surface area contributed by atoms with Crippen LogP contribution in [0, 0.1) is 6.92 Å². The SMILES string of the molecule is C=CC(=O)N1CC(NC(=O)Cn2ccc3cc(Br)cc(C)c32)C1. The normalized spacial score (nSPS) is 14.6. The molecule has 23 heavy (non-hydrogen) atoms. The molecule has 0 saturated carbocycles. The largest absolute Gasteiger partial charge is 0.348 e. The van der Waals surface area contributed by atoms with Gasteiger partial charge in [0.05, 0.1) is 11.6 Å². The number of nitrogens with one attached hydrogen (secondary N) is 1. The number of aryl methyl sites for hydroxylation is 1. The first-order valence-electron chi connectivity index (χ1n) is 7.43. The lowest BCUT2D eigenvalue weighted by Crippen LogP contribution is -2.61. The van der Waals surface area contributed by atoms with Crippen LogP contribution in [0.5, 0.6) is 0 Å². The fourth-order valence-corrected chi connectivity index (χ4v) is 3.55. The van der Waals surface area contributed by atoms with Crippen molar-refractivity contribution in [3.05, 3.63) is 47.1 Å². The van der Waals surface area contributed by atoms with Crippen LogP contribution in [0.3, 0.4) is 0 Å². The summed E-state index contributed by atoms with van der Waals surface area (Å²) in [4.78, 5) is 25.3. The van der Waals surface area contributed by atoms with E-state index in [1.165, 1.54) is 6.08 Å². The Balaban J connectivity index is 1.63. The maximum Gasteiger partial charge on any atom is 0.246 e. The second-order valence-corrected chi connectivity index (χ2v) is 6.73. The lowest BCUT2D eigenvalue weighted by Gasteiger charge is -2.38. The number of hydrogen-bond donors (Lipinski definition) is 1. The summed E-state index contributed by atoms with van der Waals surface area (Å²) < 4.78 is 2.99. The van der Waals surface area contributed by atoms with Gasteiger partial charge in [-0.15, -0.1) is 0 Å². The van der Waals surface area contributed by atoms with Crippen molar-refractivity contribution in [1.29, 1.82) is 0 Å². The van der Waals surface area contributed by atoms with Gasteiger partial charge in [0.25, 0.3) is 0 Å². The van der Waals surface area contributed by atoms with E-state index in [1.54, 1.807) is 4.90 Å². The van der Waals surface area contributed by atoms with Gasteiger partial charge in [0, 0.05) is 29.1 Å². The zero-order valence-electron chi connectivity index (χ0n) is 12.9. The molecule has 5 nitrogen and oxygen atoms in total. The lowest BCUT2D eigenvalue weighted by atomic mass is 10.1. The summed E-state index contributed by atoms with van der Waals surface area (Å²) >= 11 is 3.49. The molecule has 2 heterocycles. The maximum atomic E-state index is 12.2. The first kappa shape index (κ1) is 15.8. The van der Waals surface area contributed by atoms with Crippen molar-refractivity contribution in [3.8, 4) is 0 Å². The molecular weight excluding hydrogens is 358 g/mol. The molecule has 2 aromatic rings. The minimum atomic E-state index is -0.0897. The number of carbonyl (C=O) groups is 2. The van der Waals surface area contributed by atoms with Gasteiger partial charge in [-0.3, -0.25) is 9.59 Å². The summed E-state index contributed by atoms with van der Waals surface area (Å²) in [5.41, 5.74) is 2.19. The van der Waals surface area contributed by atoms with Gasteiger partial charge in [-0.1, -0.05) is 22.5 Å². The first-order valence-corrected chi connectivity index (χ1v) is 8.23. The highest BCUT2D eigenvalue weighted by molar-refractivity contribution is 9.10. The van der Waals surface area contributed by atoms with Gasteiger partial charge in [0.15, 0.2) is 0 Å². The van der Waals surface area contributed by atoms with Crippen molar-refractivity contribution in [1.82, 2.24) is 14.8 Å². The van der Waals surface area contributed by atoms with Gasteiger partial charge in [-0.2, -0.15) is 0 Å². The number of amides is 2. The first-order chi connectivity index (χ1) is 11.0. The Kier molecular flexibility index (Phi) is 4.26. The fraction of sp³-hybridized carbons (Fsp3) is 0.294. The number of benzene rings is 1. The summed E-state index contributed by atoms with van der Waals surface area (Å²) in [5.74, 6) is -0.131. The van der Waals surface area contributed by atoms with Crippen molar-refractivity contribution in [2.75, 3.05) is 13.1 Å². The molecular formula is C17H18BrN3O2. The van der Waals surface area contributed by atoms with Gasteiger partial charge in [0.2, 0.25) is 11.8 Å². The number of fused-ring (bicyclic) bond motifs is 1. The molecule has 6 heteroatoms. The van der Waals surface area contributed by atoms with Crippen molar-refractivity contribution < 1.29 is 9.59 Å². The van der Waals surface area contributed by atoms with Crippen LogP contribution in [0.25, 0.3) is 10.9 Å². The minimum absolute atomic E-state index is 0.0310. The van der Waals surface area contributed by atoms with Crippen LogP contribution in [0.1, 0.15) is 5.56 Å². The Bertz CT molecular complexity index is 790. The highest BCUT2D eigenvalue weighted by Crippen LogP contribution is 2.25. The minimum Gasteiger partial charge on any atom is -0.348 e. The zero-order chi connectivity index (χ0) is 16.6. The number of likely N-dealkylation sites (tertiary alicyclic amines) is 1. The molecule has 1 aliphatic rings. The molecule has 0 aliphatic carbocycles. The molecule has 3 rings (SSSR count). The Morgan fingerprint density at radius 2 is 2.17 bits per heavy atom. The standard InChI is InChI=1S/C17H18BrN3O2/c1-3-16(23)21-8-14(9-21)19-15(22)10-20-5-4-12-7-13(18)6-11(2)17(12)20/h3-7,14H,1,8-10H2,2H3,(H,19,22). The summed E-state index contributed by atoms with van der Waals surface area (Å²) in [6.45, 7) is 6.87. The molecule has 0 atom stereocenters. The quantitative estimate of drug-likeness (QED) is 0.833. The van der Waals surface area contributed by atoms with Gasteiger partial charge >= 0.3 is 0 Å². The lowest BCUT2D eigenvalue weighted by molar-refractivity contribution is -0.133. The van der Waals surface area contributed by atoms with Crippen molar-refractivity contribution >= 4 is 38.6 Å². The van der Waals surface area contributed by atoms with Crippen LogP contribution >= 0.6 is 15.9 Å². The van der Waals surface area contributed by atoms with E-state index in [0.717, 1.165) is 20.9 Å². The number of aromatic nitrogens is 1. The molecule has 120 valence electrons.